The Hall–Kier alpha value is -2.65. The number of amides is 2. The first kappa shape index (κ1) is 21.1. The number of fused-ring (bicyclic) bond motifs is 1. The van der Waals surface area contributed by atoms with Crippen LogP contribution in [0.2, 0.25) is 0 Å². The molecule has 9 heteroatoms. The second kappa shape index (κ2) is 9.23. The number of aryl methyl sites for hydroxylation is 3. The summed E-state index contributed by atoms with van der Waals surface area (Å²) < 4.78 is 1.49. The standard InChI is InChI=1S/C20H22N4O3S2/c1-12-6-13(2)19(14(3)7-12)23-16(25)9-21-17(26)11-28-10-15-8-18(27)24-4-5-29-20(24)22-15/h4-8H,9-11H2,1-3H3,(H,21,26)(H,23,25). The van der Waals surface area contributed by atoms with Crippen molar-refractivity contribution in [1.29, 1.82) is 0 Å². The monoisotopic (exact) mass is 430 g/mol. The third kappa shape index (κ3) is 5.45. The lowest BCUT2D eigenvalue weighted by molar-refractivity contribution is -0.122. The predicted octanol–water partition coefficient (Wildman–Crippen LogP) is 2.67. The van der Waals surface area contributed by atoms with Gasteiger partial charge in [-0.05, 0) is 31.9 Å². The molecule has 0 aliphatic rings. The number of thiazole rings is 1. The summed E-state index contributed by atoms with van der Waals surface area (Å²) in [6.07, 6.45) is 1.68. The van der Waals surface area contributed by atoms with Gasteiger partial charge in [0.25, 0.3) is 5.56 Å². The third-order valence-corrected chi connectivity index (χ3v) is 5.95. The van der Waals surface area contributed by atoms with Gasteiger partial charge in [-0.25, -0.2) is 4.98 Å². The van der Waals surface area contributed by atoms with Crippen LogP contribution in [0.25, 0.3) is 4.96 Å². The number of carbonyl (C=O) groups excluding carboxylic acids is 2. The first-order chi connectivity index (χ1) is 13.8. The lowest BCUT2D eigenvalue weighted by Crippen LogP contribution is -2.34. The van der Waals surface area contributed by atoms with Crippen LogP contribution in [-0.4, -0.2) is 33.5 Å². The highest BCUT2D eigenvalue weighted by Crippen LogP contribution is 2.21. The van der Waals surface area contributed by atoms with Crippen molar-refractivity contribution in [3.8, 4) is 0 Å². The summed E-state index contributed by atoms with van der Waals surface area (Å²) in [5.74, 6) is 0.125. The van der Waals surface area contributed by atoms with E-state index in [0.29, 0.717) is 16.4 Å². The predicted molar refractivity (Wildman–Crippen MR) is 118 cm³/mol. The Labute approximate surface area is 176 Å². The van der Waals surface area contributed by atoms with Gasteiger partial charge >= 0.3 is 0 Å². The van der Waals surface area contributed by atoms with E-state index in [2.05, 4.69) is 15.6 Å². The largest absolute Gasteiger partial charge is 0.346 e. The average molecular weight is 431 g/mol. The molecule has 2 amide bonds. The van der Waals surface area contributed by atoms with Crippen LogP contribution in [0, 0.1) is 20.8 Å². The summed E-state index contributed by atoms with van der Waals surface area (Å²) in [6, 6.07) is 5.49. The smallest absolute Gasteiger partial charge is 0.258 e. The molecule has 0 aliphatic heterocycles. The number of rotatable bonds is 7. The molecule has 0 radical (unpaired) electrons. The second-order valence-electron chi connectivity index (χ2n) is 6.73. The van der Waals surface area contributed by atoms with E-state index in [0.717, 1.165) is 22.4 Å². The number of thioether (sulfide) groups is 1. The Kier molecular flexibility index (Phi) is 6.71. The molecule has 7 nitrogen and oxygen atoms in total. The van der Waals surface area contributed by atoms with Gasteiger partial charge in [-0.3, -0.25) is 18.8 Å². The van der Waals surface area contributed by atoms with Crippen LogP contribution in [0.4, 0.5) is 5.69 Å². The first-order valence-corrected chi connectivity index (χ1v) is 11.0. The lowest BCUT2D eigenvalue weighted by atomic mass is 10.1. The van der Waals surface area contributed by atoms with E-state index in [1.165, 1.54) is 33.6 Å². The normalized spacial score (nSPS) is 10.9. The summed E-state index contributed by atoms with van der Waals surface area (Å²) in [7, 11) is 0. The van der Waals surface area contributed by atoms with Crippen LogP contribution in [0.3, 0.4) is 0 Å². The second-order valence-corrected chi connectivity index (χ2v) is 8.59. The van der Waals surface area contributed by atoms with Gasteiger partial charge in [0.15, 0.2) is 4.96 Å². The van der Waals surface area contributed by atoms with Crippen LogP contribution in [0.5, 0.6) is 0 Å². The van der Waals surface area contributed by atoms with Crippen molar-refractivity contribution in [2.24, 2.45) is 0 Å². The molecule has 0 aliphatic carbocycles. The van der Waals surface area contributed by atoms with Gasteiger partial charge in [-0.2, -0.15) is 0 Å². The molecule has 1 aromatic carbocycles. The van der Waals surface area contributed by atoms with E-state index in [9.17, 15) is 14.4 Å². The quantitative estimate of drug-likeness (QED) is 0.601. The molecular weight excluding hydrogens is 408 g/mol. The van der Waals surface area contributed by atoms with Gasteiger partial charge in [0, 0.05) is 29.1 Å². The number of aromatic nitrogens is 2. The minimum atomic E-state index is -0.267. The average Bonchev–Trinajstić information content (AvgIpc) is 3.12. The van der Waals surface area contributed by atoms with E-state index in [1.807, 2.05) is 32.9 Å². The Morgan fingerprint density at radius 2 is 1.86 bits per heavy atom. The van der Waals surface area contributed by atoms with Crippen LogP contribution >= 0.6 is 23.1 Å². The van der Waals surface area contributed by atoms with E-state index < -0.39 is 0 Å². The van der Waals surface area contributed by atoms with E-state index in [1.54, 1.807) is 11.6 Å². The number of hydrogen-bond donors (Lipinski definition) is 2. The van der Waals surface area contributed by atoms with Crippen molar-refractivity contribution in [2.45, 2.75) is 26.5 Å². The summed E-state index contributed by atoms with van der Waals surface area (Å²) in [5, 5.41) is 7.28. The van der Waals surface area contributed by atoms with Gasteiger partial charge in [-0.15, -0.1) is 23.1 Å². The highest BCUT2D eigenvalue weighted by atomic mass is 32.2. The molecule has 3 rings (SSSR count). The number of carbonyl (C=O) groups is 2. The van der Waals surface area contributed by atoms with Crippen molar-refractivity contribution in [3.05, 3.63) is 62.5 Å². The molecule has 0 saturated heterocycles. The lowest BCUT2D eigenvalue weighted by Gasteiger charge is -2.13. The molecule has 0 saturated carbocycles. The number of anilines is 1. The Balaban J connectivity index is 1.45. The summed E-state index contributed by atoms with van der Waals surface area (Å²) >= 11 is 2.74. The SMILES string of the molecule is Cc1cc(C)c(NC(=O)CNC(=O)CSCc2cc(=O)n3ccsc3n2)c(C)c1. The van der Waals surface area contributed by atoms with Crippen LogP contribution in [0.1, 0.15) is 22.4 Å². The van der Waals surface area contributed by atoms with E-state index >= 15 is 0 Å². The van der Waals surface area contributed by atoms with Gasteiger partial charge in [0.05, 0.1) is 18.0 Å². The maximum atomic E-state index is 12.2. The zero-order valence-electron chi connectivity index (χ0n) is 16.4. The van der Waals surface area contributed by atoms with Crippen molar-refractivity contribution in [2.75, 3.05) is 17.6 Å². The van der Waals surface area contributed by atoms with Crippen LogP contribution in [-0.2, 0) is 15.3 Å². The molecule has 0 spiro atoms. The molecule has 0 fully saturated rings. The summed E-state index contributed by atoms with van der Waals surface area (Å²) in [4.78, 5) is 41.2. The Bertz CT molecular complexity index is 1100. The van der Waals surface area contributed by atoms with Crippen molar-refractivity contribution < 1.29 is 9.59 Å². The van der Waals surface area contributed by atoms with E-state index in [-0.39, 0.29) is 29.7 Å². The van der Waals surface area contributed by atoms with Gasteiger partial charge in [0.1, 0.15) is 0 Å². The highest BCUT2D eigenvalue weighted by Gasteiger charge is 2.10. The van der Waals surface area contributed by atoms with Gasteiger partial charge < -0.3 is 10.6 Å². The minimum Gasteiger partial charge on any atom is -0.346 e. The third-order valence-electron chi connectivity index (χ3n) is 4.23. The molecule has 0 bridgehead atoms. The molecule has 0 atom stereocenters. The molecule has 152 valence electrons. The fraction of sp³-hybridized carbons (Fsp3) is 0.300. The molecular formula is C20H22N4O3S2. The van der Waals surface area contributed by atoms with Crippen molar-refractivity contribution >= 4 is 45.6 Å². The molecule has 29 heavy (non-hydrogen) atoms. The zero-order valence-corrected chi connectivity index (χ0v) is 18.1. The Morgan fingerprint density at radius 1 is 1.14 bits per heavy atom. The van der Waals surface area contributed by atoms with Crippen LogP contribution in [0.15, 0.2) is 34.6 Å². The first-order valence-electron chi connectivity index (χ1n) is 9.01. The van der Waals surface area contributed by atoms with E-state index in [4.69, 9.17) is 0 Å². The molecule has 3 aromatic rings. The molecule has 2 N–H and O–H groups in total. The molecule has 2 heterocycles. The van der Waals surface area contributed by atoms with Crippen molar-refractivity contribution in [3.63, 3.8) is 0 Å². The topological polar surface area (TPSA) is 92.6 Å². The maximum Gasteiger partial charge on any atom is 0.258 e. The number of benzene rings is 1. The Morgan fingerprint density at radius 3 is 2.59 bits per heavy atom. The molecule has 0 unspecified atom stereocenters. The van der Waals surface area contributed by atoms with Crippen molar-refractivity contribution in [1.82, 2.24) is 14.7 Å². The number of nitrogens with one attached hydrogen (secondary N) is 2. The summed E-state index contributed by atoms with van der Waals surface area (Å²) in [6.45, 7) is 5.80. The van der Waals surface area contributed by atoms with Gasteiger partial charge in [0.2, 0.25) is 11.8 Å². The van der Waals surface area contributed by atoms with Gasteiger partial charge in [-0.1, -0.05) is 17.7 Å². The number of hydrogen-bond acceptors (Lipinski definition) is 6. The maximum absolute atomic E-state index is 12.2. The number of nitrogens with zero attached hydrogens (tertiary/aromatic N) is 2. The fourth-order valence-electron chi connectivity index (χ4n) is 3.00. The zero-order chi connectivity index (χ0) is 21.0. The fourth-order valence-corrected chi connectivity index (χ4v) is 4.49. The minimum absolute atomic E-state index is 0.0904. The highest BCUT2D eigenvalue weighted by molar-refractivity contribution is 7.99. The van der Waals surface area contributed by atoms with Crippen LogP contribution < -0.4 is 16.2 Å². The summed E-state index contributed by atoms with van der Waals surface area (Å²) in [5.41, 5.74) is 4.41. The molecule has 2 aromatic heterocycles.